The monoisotopic (exact) mass is 490 g/mol. The summed E-state index contributed by atoms with van der Waals surface area (Å²) in [4.78, 5) is 38.5. The number of rotatable bonds is 5. The molecule has 10 nitrogen and oxygen atoms in total. The summed E-state index contributed by atoms with van der Waals surface area (Å²) in [6, 6.07) is 6.48. The topological polar surface area (TPSA) is 138 Å². The summed E-state index contributed by atoms with van der Waals surface area (Å²) in [7, 11) is 1.56. The molecule has 30 heavy (non-hydrogen) atoms. The number of aromatic nitrogens is 1. The second kappa shape index (κ2) is 7.46. The maximum atomic E-state index is 12.6. The molecule has 0 saturated carbocycles. The quantitative estimate of drug-likeness (QED) is 0.319. The van der Waals surface area contributed by atoms with Crippen LogP contribution in [-0.4, -0.2) is 27.8 Å². The Kier molecular flexibility index (Phi) is 4.95. The van der Waals surface area contributed by atoms with Crippen molar-refractivity contribution in [3.05, 3.63) is 71.0 Å². The highest BCUT2D eigenvalue weighted by molar-refractivity contribution is 9.10. The highest BCUT2D eigenvalue weighted by Crippen LogP contribution is 2.48. The number of carbonyl (C=O) groups excluding carboxylic acids is 1. The first kappa shape index (κ1) is 19.9. The molecule has 1 N–H and O–H groups in total. The van der Waals surface area contributed by atoms with Gasteiger partial charge in [-0.05, 0) is 17.7 Å². The van der Waals surface area contributed by atoms with Gasteiger partial charge < -0.3 is 4.74 Å². The second-order valence-electron chi connectivity index (χ2n) is 6.28. The Morgan fingerprint density at radius 2 is 1.87 bits per heavy atom. The molecule has 0 saturated heterocycles. The van der Waals surface area contributed by atoms with Crippen molar-refractivity contribution >= 4 is 49.7 Å². The molecule has 1 aromatic heterocycles. The number of non-ortho nitro benzene ring substituents is 2. The van der Waals surface area contributed by atoms with E-state index in [4.69, 9.17) is 4.74 Å². The van der Waals surface area contributed by atoms with Crippen molar-refractivity contribution in [1.82, 2.24) is 4.98 Å². The van der Waals surface area contributed by atoms with E-state index < -0.39 is 27.1 Å². The number of fused-ring (bicyclic) bond motifs is 3. The van der Waals surface area contributed by atoms with Crippen molar-refractivity contribution in [2.45, 2.75) is 6.42 Å². The molecular weight excluding hydrogens is 480 g/mol. The summed E-state index contributed by atoms with van der Waals surface area (Å²) in [6.07, 6.45) is 0.609. The van der Waals surface area contributed by atoms with Crippen molar-refractivity contribution in [2.24, 2.45) is 0 Å². The van der Waals surface area contributed by atoms with E-state index >= 15 is 0 Å². The van der Waals surface area contributed by atoms with Crippen LogP contribution in [0.3, 0.4) is 0 Å². The first-order valence-corrected chi connectivity index (χ1v) is 10.00. The van der Waals surface area contributed by atoms with E-state index in [2.05, 4.69) is 26.2 Å². The summed E-state index contributed by atoms with van der Waals surface area (Å²) in [6.45, 7) is 0. The van der Waals surface area contributed by atoms with Gasteiger partial charge in [0.15, 0.2) is 5.13 Å². The van der Waals surface area contributed by atoms with Gasteiger partial charge >= 0.3 is 0 Å². The second-order valence-corrected chi connectivity index (χ2v) is 8.22. The predicted molar refractivity (Wildman–Crippen MR) is 112 cm³/mol. The van der Waals surface area contributed by atoms with Gasteiger partial charge in [-0.2, -0.15) is 0 Å². The van der Waals surface area contributed by atoms with Crippen LogP contribution in [-0.2, 0) is 6.42 Å². The van der Waals surface area contributed by atoms with Crippen LogP contribution in [0, 0.1) is 20.2 Å². The van der Waals surface area contributed by atoms with E-state index in [0.717, 1.165) is 38.7 Å². The molecule has 1 aliphatic rings. The predicted octanol–water partition coefficient (Wildman–Crippen LogP) is 4.55. The lowest BCUT2D eigenvalue weighted by Gasteiger charge is -2.09. The fraction of sp³-hybridized carbons (Fsp3) is 0.111. The maximum Gasteiger partial charge on any atom is 0.277 e. The number of thiazole rings is 1. The molecule has 0 atom stereocenters. The molecule has 0 spiro atoms. The lowest BCUT2D eigenvalue weighted by Crippen LogP contribution is -2.12. The van der Waals surface area contributed by atoms with Crippen LogP contribution in [0.15, 0.2) is 34.8 Å². The molecular formula is C18H11BrN4O6S. The molecule has 1 amide bonds. The van der Waals surface area contributed by atoms with Crippen LogP contribution in [0.2, 0.25) is 0 Å². The number of ether oxygens (including phenoxy) is 1. The first-order valence-electron chi connectivity index (χ1n) is 8.39. The molecule has 12 heteroatoms. The number of nitrogens with zero attached hydrogens (tertiary/aromatic N) is 3. The number of nitro groups is 2. The number of methoxy groups -OCH3 is 1. The van der Waals surface area contributed by atoms with E-state index in [-0.39, 0.29) is 10.7 Å². The third-order valence-corrected chi connectivity index (χ3v) is 6.23. The van der Waals surface area contributed by atoms with E-state index in [0.29, 0.717) is 17.9 Å². The van der Waals surface area contributed by atoms with Crippen LogP contribution in [0.5, 0.6) is 5.75 Å². The molecule has 0 radical (unpaired) electrons. The zero-order valence-electron chi connectivity index (χ0n) is 15.2. The summed E-state index contributed by atoms with van der Waals surface area (Å²) < 4.78 is 6.36. The summed E-state index contributed by atoms with van der Waals surface area (Å²) in [5.41, 5.74) is 1.28. The zero-order chi connectivity index (χ0) is 21.6. The molecule has 4 rings (SSSR count). The molecule has 2 aromatic carbocycles. The Labute approximate surface area is 180 Å². The van der Waals surface area contributed by atoms with Gasteiger partial charge in [0.2, 0.25) is 0 Å². The number of nitrogens with one attached hydrogen (secondary N) is 1. The van der Waals surface area contributed by atoms with Crippen LogP contribution in [0.25, 0.3) is 11.3 Å². The Balaban J connectivity index is 1.66. The van der Waals surface area contributed by atoms with Gasteiger partial charge in [-0.1, -0.05) is 15.9 Å². The highest BCUT2D eigenvalue weighted by atomic mass is 79.9. The molecule has 1 heterocycles. The number of amides is 1. The van der Waals surface area contributed by atoms with Crippen molar-refractivity contribution in [3.8, 4) is 17.0 Å². The average molecular weight is 491 g/mol. The van der Waals surface area contributed by atoms with Crippen molar-refractivity contribution < 1.29 is 19.4 Å². The van der Waals surface area contributed by atoms with Gasteiger partial charge in [0.05, 0.1) is 34.3 Å². The third kappa shape index (κ3) is 3.39. The minimum Gasteiger partial charge on any atom is -0.496 e. The molecule has 0 unspecified atom stereocenters. The van der Waals surface area contributed by atoms with Gasteiger partial charge in [0, 0.05) is 33.5 Å². The van der Waals surface area contributed by atoms with E-state index in [1.54, 1.807) is 7.11 Å². The van der Waals surface area contributed by atoms with Crippen molar-refractivity contribution in [3.63, 3.8) is 0 Å². The van der Waals surface area contributed by atoms with Gasteiger partial charge in [0.1, 0.15) is 5.75 Å². The van der Waals surface area contributed by atoms with Crippen molar-refractivity contribution in [2.75, 3.05) is 12.4 Å². The standard InChI is InChI=1S/C18H11BrN4O6S/c1-29-13-3-2-12(19)11-7-14-16(15(11)13)20-18(30-14)21-17(24)8-4-9(22(25)26)6-10(5-8)23(27)28/h2-6H,7H2,1H3,(H,20,21,24). The molecule has 152 valence electrons. The fourth-order valence-corrected chi connectivity index (χ4v) is 4.64. The van der Waals surface area contributed by atoms with Gasteiger partial charge in [-0.15, -0.1) is 11.3 Å². The minimum absolute atomic E-state index is 0.202. The smallest absolute Gasteiger partial charge is 0.277 e. The van der Waals surface area contributed by atoms with Crippen LogP contribution >= 0.6 is 27.3 Å². The number of halogens is 1. The van der Waals surface area contributed by atoms with Crippen molar-refractivity contribution in [1.29, 1.82) is 0 Å². The Bertz CT molecular complexity index is 1210. The van der Waals surface area contributed by atoms with Gasteiger partial charge in [-0.3, -0.25) is 30.3 Å². The zero-order valence-corrected chi connectivity index (χ0v) is 17.6. The molecule has 0 fully saturated rings. The lowest BCUT2D eigenvalue weighted by atomic mass is 10.1. The summed E-state index contributed by atoms with van der Waals surface area (Å²) >= 11 is 4.79. The SMILES string of the molecule is COc1ccc(Br)c2c1-c1nc(NC(=O)c3cc([N+](=O)[O-])cc([N+](=O)[O-])c3)sc1C2. The number of anilines is 1. The normalized spacial score (nSPS) is 11.5. The largest absolute Gasteiger partial charge is 0.496 e. The van der Waals surface area contributed by atoms with E-state index in [9.17, 15) is 25.0 Å². The first-order chi connectivity index (χ1) is 14.3. The minimum atomic E-state index is -0.789. The van der Waals surface area contributed by atoms with Gasteiger partial charge in [0.25, 0.3) is 17.3 Å². The number of carbonyl (C=O) groups is 1. The number of hydrogen-bond donors (Lipinski definition) is 1. The van der Waals surface area contributed by atoms with Crippen LogP contribution < -0.4 is 10.1 Å². The lowest BCUT2D eigenvalue weighted by molar-refractivity contribution is -0.394. The average Bonchev–Trinajstić information content (AvgIpc) is 3.26. The highest BCUT2D eigenvalue weighted by Gasteiger charge is 2.29. The fourth-order valence-electron chi connectivity index (χ4n) is 3.19. The summed E-state index contributed by atoms with van der Waals surface area (Å²) in [5, 5.41) is 24.9. The molecule has 3 aromatic rings. The maximum absolute atomic E-state index is 12.6. The third-order valence-electron chi connectivity index (χ3n) is 4.52. The van der Waals surface area contributed by atoms with Crippen LogP contribution in [0.1, 0.15) is 20.8 Å². The number of benzene rings is 2. The Hall–Kier alpha value is -3.38. The Morgan fingerprint density at radius 1 is 1.20 bits per heavy atom. The van der Waals surface area contributed by atoms with Crippen LogP contribution in [0.4, 0.5) is 16.5 Å². The van der Waals surface area contributed by atoms with Gasteiger partial charge in [-0.25, -0.2) is 4.98 Å². The van der Waals surface area contributed by atoms with E-state index in [1.807, 2.05) is 12.1 Å². The number of nitro benzene ring substituents is 2. The molecule has 0 bridgehead atoms. The number of hydrogen-bond acceptors (Lipinski definition) is 8. The Morgan fingerprint density at radius 3 is 2.47 bits per heavy atom. The molecule has 1 aliphatic carbocycles. The summed E-state index contributed by atoms with van der Waals surface area (Å²) in [5.74, 6) is -0.0694. The molecule has 0 aliphatic heterocycles. The van der Waals surface area contributed by atoms with E-state index in [1.165, 1.54) is 11.3 Å².